The zero-order valence-electron chi connectivity index (χ0n) is 11.1. The molecule has 5 nitrogen and oxygen atoms in total. The van der Waals surface area contributed by atoms with E-state index in [4.69, 9.17) is 23.2 Å². The molecule has 0 spiro atoms. The van der Waals surface area contributed by atoms with Crippen molar-refractivity contribution in [1.29, 1.82) is 0 Å². The molecule has 1 aromatic rings. The highest BCUT2D eigenvalue weighted by Crippen LogP contribution is 2.33. The van der Waals surface area contributed by atoms with Crippen molar-refractivity contribution >= 4 is 51.0 Å². The monoisotopic (exact) mass is 369 g/mol. The van der Waals surface area contributed by atoms with Crippen LogP contribution in [0.5, 0.6) is 0 Å². The van der Waals surface area contributed by atoms with E-state index < -0.39 is 21.2 Å². The van der Waals surface area contributed by atoms with Gasteiger partial charge in [-0.05, 0) is 12.1 Å². The molecule has 1 atom stereocenters. The summed E-state index contributed by atoms with van der Waals surface area (Å²) in [6, 6.07) is 4.51. The normalized spacial score (nSPS) is 20.2. The van der Waals surface area contributed by atoms with Gasteiger partial charge in [0.2, 0.25) is 10.0 Å². The van der Waals surface area contributed by atoms with Gasteiger partial charge in [0.05, 0.1) is 17.2 Å². The Labute approximate surface area is 137 Å². The minimum Gasteiger partial charge on any atom is -0.468 e. The minimum atomic E-state index is -3.85. The number of thioether (sulfide) groups is 1. The number of esters is 1. The highest BCUT2D eigenvalue weighted by atomic mass is 35.5. The maximum Gasteiger partial charge on any atom is 0.320 e. The van der Waals surface area contributed by atoms with Crippen LogP contribution in [0.15, 0.2) is 23.1 Å². The van der Waals surface area contributed by atoms with Crippen LogP contribution in [0.25, 0.3) is 0 Å². The van der Waals surface area contributed by atoms with Gasteiger partial charge in [-0.1, -0.05) is 29.3 Å². The van der Waals surface area contributed by atoms with Gasteiger partial charge in [-0.2, -0.15) is 4.31 Å². The molecule has 1 heterocycles. The third kappa shape index (κ3) is 3.48. The van der Waals surface area contributed by atoms with Gasteiger partial charge in [0.15, 0.2) is 0 Å². The first-order chi connectivity index (χ1) is 9.87. The van der Waals surface area contributed by atoms with Crippen LogP contribution in [0.1, 0.15) is 0 Å². The Morgan fingerprint density at radius 1 is 1.38 bits per heavy atom. The Bertz CT molecular complexity index is 630. The molecule has 0 amide bonds. The highest BCUT2D eigenvalue weighted by molar-refractivity contribution is 8.00. The maximum absolute atomic E-state index is 12.7. The second kappa shape index (κ2) is 6.75. The Hall–Kier alpha value is -0.470. The highest BCUT2D eigenvalue weighted by Gasteiger charge is 2.36. The summed E-state index contributed by atoms with van der Waals surface area (Å²) in [7, 11) is -2.57. The molecule has 1 aromatic carbocycles. The zero-order chi connectivity index (χ0) is 15.6. The molecule has 0 unspecified atom stereocenters. The SMILES string of the molecule is COC(=O)[C@H]1CN(S(=O)(=O)c2c(Cl)cccc2Cl)CCS1. The lowest BCUT2D eigenvalue weighted by Crippen LogP contribution is -2.45. The van der Waals surface area contributed by atoms with Crippen LogP contribution in [-0.4, -0.2) is 49.9 Å². The van der Waals surface area contributed by atoms with Crippen LogP contribution in [0, 0.1) is 0 Å². The van der Waals surface area contributed by atoms with Gasteiger partial charge in [0, 0.05) is 18.8 Å². The topological polar surface area (TPSA) is 63.7 Å². The summed E-state index contributed by atoms with van der Waals surface area (Å²) in [6.45, 7) is 0.337. The number of hydrogen-bond acceptors (Lipinski definition) is 5. The first-order valence-corrected chi connectivity index (χ1v) is 9.26. The van der Waals surface area contributed by atoms with Crippen LogP contribution in [-0.2, 0) is 19.6 Å². The van der Waals surface area contributed by atoms with E-state index in [1.165, 1.54) is 35.3 Å². The number of halogens is 2. The van der Waals surface area contributed by atoms with Crippen molar-refractivity contribution in [1.82, 2.24) is 4.31 Å². The lowest BCUT2D eigenvalue weighted by atomic mass is 10.4. The van der Waals surface area contributed by atoms with E-state index in [0.717, 1.165) is 0 Å². The number of nitrogens with zero attached hydrogens (tertiary/aromatic N) is 1. The van der Waals surface area contributed by atoms with Gasteiger partial charge in [-0.15, -0.1) is 11.8 Å². The van der Waals surface area contributed by atoms with Crippen molar-refractivity contribution in [3.05, 3.63) is 28.2 Å². The summed E-state index contributed by atoms with van der Waals surface area (Å²) >= 11 is 13.3. The summed E-state index contributed by atoms with van der Waals surface area (Å²) in [5, 5.41) is -0.412. The van der Waals surface area contributed by atoms with Crippen molar-refractivity contribution in [2.45, 2.75) is 10.1 Å². The van der Waals surface area contributed by atoms with Crippen LogP contribution in [0.4, 0.5) is 0 Å². The second-order valence-corrected chi connectivity index (χ2v) is 8.30. The first kappa shape index (κ1) is 16.9. The molecule has 0 saturated carbocycles. The minimum absolute atomic E-state index is 0.0429. The van der Waals surface area contributed by atoms with Gasteiger partial charge in [-0.3, -0.25) is 4.79 Å². The smallest absolute Gasteiger partial charge is 0.320 e. The molecule has 116 valence electrons. The Balaban J connectivity index is 2.33. The quantitative estimate of drug-likeness (QED) is 0.764. The fraction of sp³-hybridized carbons (Fsp3) is 0.417. The number of carbonyl (C=O) groups excluding carboxylic acids is 1. The van der Waals surface area contributed by atoms with Crippen LogP contribution >= 0.6 is 35.0 Å². The van der Waals surface area contributed by atoms with Gasteiger partial charge in [0.25, 0.3) is 0 Å². The van der Waals surface area contributed by atoms with Gasteiger partial charge < -0.3 is 4.74 Å². The fourth-order valence-electron chi connectivity index (χ4n) is 1.98. The van der Waals surface area contributed by atoms with Crippen molar-refractivity contribution < 1.29 is 17.9 Å². The van der Waals surface area contributed by atoms with E-state index in [0.29, 0.717) is 12.3 Å². The summed E-state index contributed by atoms with van der Waals surface area (Å²) in [4.78, 5) is 11.5. The Kier molecular flexibility index (Phi) is 5.43. The van der Waals surface area contributed by atoms with E-state index in [1.807, 2.05) is 0 Å². The zero-order valence-corrected chi connectivity index (χ0v) is 14.2. The Morgan fingerprint density at radius 3 is 2.57 bits per heavy atom. The molecule has 0 radical (unpaired) electrons. The number of methoxy groups -OCH3 is 1. The van der Waals surface area contributed by atoms with Gasteiger partial charge in [-0.25, -0.2) is 8.42 Å². The lowest BCUT2D eigenvalue weighted by molar-refractivity contribution is -0.140. The van der Waals surface area contributed by atoms with Crippen molar-refractivity contribution in [3.8, 4) is 0 Å². The molecule has 1 saturated heterocycles. The number of rotatable bonds is 3. The van der Waals surface area contributed by atoms with E-state index in [2.05, 4.69) is 4.74 Å². The van der Waals surface area contributed by atoms with E-state index in [1.54, 1.807) is 6.07 Å². The van der Waals surface area contributed by atoms with E-state index >= 15 is 0 Å². The average molecular weight is 370 g/mol. The van der Waals surface area contributed by atoms with Gasteiger partial charge in [0.1, 0.15) is 10.1 Å². The average Bonchev–Trinajstić information content (AvgIpc) is 2.46. The molecule has 0 N–H and O–H groups in total. The number of benzene rings is 1. The summed E-state index contributed by atoms with van der Waals surface area (Å²) in [5.41, 5.74) is 0. The van der Waals surface area contributed by atoms with Gasteiger partial charge >= 0.3 is 5.97 Å². The predicted molar refractivity (Wildman–Crippen MR) is 83.5 cm³/mol. The van der Waals surface area contributed by atoms with Crippen LogP contribution in [0.2, 0.25) is 10.0 Å². The van der Waals surface area contributed by atoms with Crippen molar-refractivity contribution in [2.75, 3.05) is 26.0 Å². The molecule has 0 aromatic heterocycles. The third-order valence-corrected chi connectivity index (χ3v) is 6.99. The second-order valence-electron chi connectivity index (χ2n) is 4.30. The van der Waals surface area contributed by atoms with Crippen molar-refractivity contribution in [3.63, 3.8) is 0 Å². The number of ether oxygens (including phenoxy) is 1. The molecule has 2 rings (SSSR count). The molecular formula is C12H13Cl2NO4S2. The molecule has 1 aliphatic rings. The number of sulfonamides is 1. The fourth-order valence-corrected chi connectivity index (χ4v) is 5.86. The number of hydrogen-bond donors (Lipinski definition) is 0. The summed E-state index contributed by atoms with van der Waals surface area (Å²) in [5.74, 6) is 0.0614. The maximum atomic E-state index is 12.7. The molecule has 1 aliphatic heterocycles. The first-order valence-electron chi connectivity index (χ1n) is 6.01. The standard InChI is InChI=1S/C12H13Cl2NO4S2/c1-19-12(16)10-7-15(5-6-20-10)21(17,18)11-8(13)3-2-4-9(11)14/h2-4,10H,5-7H2,1H3/t10-/m1/s1. The summed E-state index contributed by atoms with van der Waals surface area (Å²) in [6.07, 6.45) is 0. The van der Waals surface area contributed by atoms with E-state index in [9.17, 15) is 13.2 Å². The molecule has 21 heavy (non-hydrogen) atoms. The largest absolute Gasteiger partial charge is 0.468 e. The van der Waals surface area contributed by atoms with Crippen molar-refractivity contribution in [2.24, 2.45) is 0 Å². The molecule has 1 fully saturated rings. The van der Waals surface area contributed by atoms with E-state index in [-0.39, 0.29) is 21.5 Å². The predicted octanol–water partition coefficient (Wildman–Crippen LogP) is 2.27. The third-order valence-electron chi connectivity index (χ3n) is 3.01. The molecule has 9 heteroatoms. The molecule has 0 aliphatic carbocycles. The number of carbonyl (C=O) groups is 1. The molecular weight excluding hydrogens is 357 g/mol. The Morgan fingerprint density at radius 2 is 2.00 bits per heavy atom. The summed E-state index contributed by atoms with van der Waals surface area (Å²) < 4.78 is 31.3. The lowest BCUT2D eigenvalue weighted by Gasteiger charge is -2.30. The van der Waals surface area contributed by atoms with Crippen LogP contribution < -0.4 is 0 Å². The molecule has 0 bridgehead atoms. The van der Waals surface area contributed by atoms with Crippen LogP contribution in [0.3, 0.4) is 0 Å².